The van der Waals surface area contributed by atoms with Crippen LogP contribution in [0.1, 0.15) is 24.8 Å². The number of aliphatic hydroxyl groups excluding tert-OH is 2. The Hall–Kier alpha value is -0.900. The number of rotatable bonds is 5. The quantitative estimate of drug-likeness (QED) is 0.834. The van der Waals surface area contributed by atoms with E-state index in [2.05, 4.69) is 35.2 Å². The number of benzene rings is 1. The molecule has 1 aliphatic rings. The van der Waals surface area contributed by atoms with Crippen molar-refractivity contribution in [2.75, 3.05) is 19.7 Å². The first kappa shape index (κ1) is 13.5. The second-order valence-corrected chi connectivity index (χ2v) is 5.16. The number of piperidine rings is 1. The summed E-state index contributed by atoms with van der Waals surface area (Å²) in [5, 5.41) is 18.6. The molecule has 1 saturated heterocycles. The third kappa shape index (κ3) is 3.80. The van der Waals surface area contributed by atoms with E-state index in [1.54, 1.807) is 0 Å². The van der Waals surface area contributed by atoms with Crippen LogP contribution in [-0.2, 0) is 6.42 Å². The molecule has 1 aliphatic heterocycles. The van der Waals surface area contributed by atoms with Crippen LogP contribution in [0, 0.1) is 5.92 Å². The van der Waals surface area contributed by atoms with Crippen LogP contribution in [0.3, 0.4) is 0 Å². The van der Waals surface area contributed by atoms with Gasteiger partial charge in [0.25, 0.3) is 0 Å². The van der Waals surface area contributed by atoms with E-state index in [0.29, 0.717) is 6.42 Å². The Morgan fingerprint density at radius 1 is 1.17 bits per heavy atom. The maximum absolute atomic E-state index is 9.82. The van der Waals surface area contributed by atoms with Crippen molar-refractivity contribution in [2.24, 2.45) is 5.92 Å². The Balaban J connectivity index is 1.77. The van der Waals surface area contributed by atoms with Gasteiger partial charge in [0.1, 0.15) is 6.23 Å². The molecule has 0 aliphatic carbocycles. The summed E-state index contributed by atoms with van der Waals surface area (Å²) >= 11 is 0. The summed E-state index contributed by atoms with van der Waals surface area (Å²) in [5.74, 6) is 0.727. The van der Waals surface area contributed by atoms with E-state index in [9.17, 15) is 5.11 Å². The molecule has 18 heavy (non-hydrogen) atoms. The van der Waals surface area contributed by atoms with E-state index in [4.69, 9.17) is 5.11 Å². The molecule has 1 heterocycles. The van der Waals surface area contributed by atoms with E-state index in [1.807, 2.05) is 0 Å². The Bertz CT molecular complexity index is 334. The van der Waals surface area contributed by atoms with E-state index >= 15 is 0 Å². The summed E-state index contributed by atoms with van der Waals surface area (Å²) in [5.41, 5.74) is 1.41. The van der Waals surface area contributed by atoms with Crippen molar-refractivity contribution in [3.63, 3.8) is 0 Å². The molecule has 0 aromatic heterocycles. The van der Waals surface area contributed by atoms with Crippen molar-refractivity contribution >= 4 is 0 Å². The van der Waals surface area contributed by atoms with Gasteiger partial charge in [-0.2, -0.15) is 0 Å². The van der Waals surface area contributed by atoms with Crippen LogP contribution in [0.4, 0.5) is 0 Å². The molecule has 3 heteroatoms. The summed E-state index contributed by atoms with van der Waals surface area (Å²) in [6.07, 6.45) is 3.41. The molecule has 1 fully saturated rings. The molecule has 1 aromatic carbocycles. The molecular weight excluding hydrogens is 226 g/mol. The lowest BCUT2D eigenvalue weighted by Gasteiger charge is -2.35. The summed E-state index contributed by atoms with van der Waals surface area (Å²) < 4.78 is 0. The fraction of sp³-hybridized carbons (Fsp3) is 0.600. The van der Waals surface area contributed by atoms with Gasteiger partial charge in [-0.25, -0.2) is 0 Å². The van der Waals surface area contributed by atoms with Gasteiger partial charge in [-0.3, -0.25) is 4.90 Å². The standard InChI is InChI=1S/C15H23NO2/c17-11-8-15(18)16-9-6-14(7-10-16)12-13-4-2-1-3-5-13/h1-5,14-15,17-18H,6-12H2. The van der Waals surface area contributed by atoms with Crippen molar-refractivity contribution in [2.45, 2.75) is 31.9 Å². The van der Waals surface area contributed by atoms with Crippen LogP contribution in [-0.4, -0.2) is 41.0 Å². The van der Waals surface area contributed by atoms with Crippen LogP contribution in [0.25, 0.3) is 0 Å². The highest BCUT2D eigenvalue weighted by atomic mass is 16.3. The first-order chi connectivity index (χ1) is 8.79. The molecule has 100 valence electrons. The average Bonchev–Trinajstić information content (AvgIpc) is 2.41. The molecule has 2 N–H and O–H groups in total. The van der Waals surface area contributed by atoms with Crippen LogP contribution >= 0.6 is 0 Å². The normalized spacial score (nSPS) is 19.9. The molecule has 1 atom stereocenters. The number of likely N-dealkylation sites (tertiary alicyclic amines) is 1. The predicted octanol–water partition coefficient (Wildman–Crippen LogP) is 1.64. The second kappa shape index (κ2) is 6.88. The second-order valence-electron chi connectivity index (χ2n) is 5.16. The summed E-state index contributed by atoms with van der Waals surface area (Å²) in [7, 11) is 0. The topological polar surface area (TPSA) is 43.7 Å². The van der Waals surface area contributed by atoms with Gasteiger partial charge in [0.2, 0.25) is 0 Å². The molecule has 0 saturated carbocycles. The molecule has 0 bridgehead atoms. The largest absolute Gasteiger partial charge is 0.396 e. The lowest BCUT2D eigenvalue weighted by atomic mass is 9.90. The summed E-state index contributed by atoms with van der Waals surface area (Å²) in [4.78, 5) is 2.08. The van der Waals surface area contributed by atoms with Crippen LogP contribution in [0.15, 0.2) is 30.3 Å². The van der Waals surface area contributed by atoms with Crippen molar-refractivity contribution in [1.29, 1.82) is 0 Å². The van der Waals surface area contributed by atoms with Crippen molar-refractivity contribution < 1.29 is 10.2 Å². The first-order valence-corrected chi connectivity index (χ1v) is 6.86. The lowest BCUT2D eigenvalue weighted by molar-refractivity contribution is -0.0302. The minimum atomic E-state index is -0.465. The maximum atomic E-state index is 9.82. The minimum absolute atomic E-state index is 0.0606. The maximum Gasteiger partial charge on any atom is 0.109 e. The molecular formula is C15H23NO2. The summed E-state index contributed by atoms with van der Waals surface area (Å²) in [6, 6.07) is 10.6. The lowest BCUT2D eigenvalue weighted by Crippen LogP contribution is -2.42. The first-order valence-electron chi connectivity index (χ1n) is 6.86. The van der Waals surface area contributed by atoms with Crippen molar-refractivity contribution in [3.05, 3.63) is 35.9 Å². The van der Waals surface area contributed by atoms with Gasteiger partial charge < -0.3 is 10.2 Å². The molecule has 1 aromatic rings. The molecule has 0 radical (unpaired) electrons. The number of nitrogens with zero attached hydrogens (tertiary/aromatic N) is 1. The number of aliphatic hydroxyl groups is 2. The Morgan fingerprint density at radius 3 is 2.44 bits per heavy atom. The number of hydrogen-bond acceptors (Lipinski definition) is 3. The van der Waals surface area contributed by atoms with Gasteiger partial charge >= 0.3 is 0 Å². The van der Waals surface area contributed by atoms with E-state index in [0.717, 1.165) is 38.3 Å². The van der Waals surface area contributed by atoms with E-state index in [-0.39, 0.29) is 6.61 Å². The molecule has 0 spiro atoms. The van der Waals surface area contributed by atoms with Gasteiger partial charge in [-0.05, 0) is 30.7 Å². The smallest absolute Gasteiger partial charge is 0.109 e. The van der Waals surface area contributed by atoms with E-state index < -0.39 is 6.23 Å². The highest BCUT2D eigenvalue weighted by Gasteiger charge is 2.23. The third-order valence-electron chi connectivity index (χ3n) is 3.83. The number of hydrogen-bond donors (Lipinski definition) is 2. The van der Waals surface area contributed by atoms with Crippen LogP contribution in [0.5, 0.6) is 0 Å². The third-order valence-corrected chi connectivity index (χ3v) is 3.83. The molecule has 3 nitrogen and oxygen atoms in total. The van der Waals surface area contributed by atoms with Crippen molar-refractivity contribution in [3.8, 4) is 0 Å². The molecule has 0 amide bonds. The predicted molar refractivity (Wildman–Crippen MR) is 72.2 cm³/mol. The molecule has 2 rings (SSSR count). The van der Waals surface area contributed by atoms with Gasteiger partial charge in [0.15, 0.2) is 0 Å². The van der Waals surface area contributed by atoms with Crippen LogP contribution < -0.4 is 0 Å². The van der Waals surface area contributed by atoms with Crippen molar-refractivity contribution in [1.82, 2.24) is 4.90 Å². The zero-order valence-electron chi connectivity index (χ0n) is 10.8. The zero-order chi connectivity index (χ0) is 12.8. The average molecular weight is 249 g/mol. The Labute approximate surface area is 109 Å². The fourth-order valence-corrected chi connectivity index (χ4v) is 2.70. The van der Waals surface area contributed by atoms with Gasteiger partial charge in [0, 0.05) is 26.1 Å². The van der Waals surface area contributed by atoms with Gasteiger partial charge in [-0.1, -0.05) is 30.3 Å². The fourth-order valence-electron chi connectivity index (χ4n) is 2.70. The van der Waals surface area contributed by atoms with Gasteiger partial charge in [-0.15, -0.1) is 0 Å². The van der Waals surface area contributed by atoms with Crippen LogP contribution in [0.2, 0.25) is 0 Å². The van der Waals surface area contributed by atoms with Gasteiger partial charge in [0.05, 0.1) is 0 Å². The minimum Gasteiger partial charge on any atom is -0.396 e. The summed E-state index contributed by atoms with van der Waals surface area (Å²) in [6.45, 7) is 1.95. The van der Waals surface area contributed by atoms with E-state index in [1.165, 1.54) is 5.56 Å². The SMILES string of the molecule is OCCC(O)N1CCC(Cc2ccccc2)CC1. The highest BCUT2D eigenvalue weighted by molar-refractivity contribution is 5.15. The Kier molecular flexibility index (Phi) is 5.17. The Morgan fingerprint density at radius 2 is 1.83 bits per heavy atom. The monoisotopic (exact) mass is 249 g/mol. The highest BCUT2D eigenvalue weighted by Crippen LogP contribution is 2.22. The zero-order valence-corrected chi connectivity index (χ0v) is 10.8. The molecule has 1 unspecified atom stereocenters.